The Labute approximate surface area is 97.0 Å². The average molecular weight is 295 g/mol. The van der Waals surface area contributed by atoms with Crippen LogP contribution in [0.15, 0.2) is 4.99 Å². The van der Waals surface area contributed by atoms with Crippen LogP contribution in [0.4, 0.5) is 0 Å². The smallest absolute Gasteiger partial charge is 0.194 e. The Kier molecular flexibility index (Phi) is 3.82. The molecule has 1 heterocycles. The van der Waals surface area contributed by atoms with E-state index in [0.717, 1.165) is 25.0 Å². The molecule has 0 amide bonds. The Morgan fingerprint density at radius 2 is 2.38 bits per heavy atom. The van der Waals surface area contributed by atoms with E-state index in [2.05, 4.69) is 29.2 Å². The van der Waals surface area contributed by atoms with Crippen LogP contribution in [0.25, 0.3) is 0 Å². The van der Waals surface area contributed by atoms with Gasteiger partial charge in [0.2, 0.25) is 0 Å². The summed E-state index contributed by atoms with van der Waals surface area (Å²) in [5.41, 5.74) is 0. The standard InChI is InChI=1S/C9H17N3.HI/c1-3-7-6-8(7)11-9-10-4-5-12(9)2;/h7-8H,3-6H2,1-2H3,(H,10,11);1H/t7-,8-;/m1./s1. The highest BCUT2D eigenvalue weighted by molar-refractivity contribution is 14.0. The van der Waals surface area contributed by atoms with Crippen LogP contribution in [-0.2, 0) is 0 Å². The summed E-state index contributed by atoms with van der Waals surface area (Å²) in [6, 6.07) is 0.717. The van der Waals surface area contributed by atoms with Gasteiger partial charge in [-0.3, -0.25) is 4.99 Å². The minimum Gasteiger partial charge on any atom is -0.353 e. The molecule has 1 saturated carbocycles. The first kappa shape index (κ1) is 11.1. The molecule has 0 aromatic rings. The van der Waals surface area contributed by atoms with Crippen LogP contribution in [0, 0.1) is 5.92 Å². The molecule has 0 aromatic carbocycles. The molecule has 2 aliphatic rings. The first-order valence-electron chi connectivity index (χ1n) is 4.83. The monoisotopic (exact) mass is 295 g/mol. The van der Waals surface area contributed by atoms with Crippen molar-refractivity contribution in [2.45, 2.75) is 25.8 Å². The normalized spacial score (nSPS) is 30.9. The van der Waals surface area contributed by atoms with Crippen molar-refractivity contribution in [2.75, 3.05) is 20.1 Å². The van der Waals surface area contributed by atoms with E-state index in [1.54, 1.807) is 0 Å². The molecule has 1 N–H and O–H groups in total. The van der Waals surface area contributed by atoms with E-state index in [4.69, 9.17) is 0 Å². The average Bonchev–Trinajstić information content (AvgIpc) is 2.70. The lowest BCUT2D eigenvalue weighted by atomic mass is 10.3. The second-order valence-electron chi connectivity index (χ2n) is 3.78. The lowest BCUT2D eigenvalue weighted by Gasteiger charge is -2.14. The van der Waals surface area contributed by atoms with E-state index >= 15 is 0 Å². The molecule has 2 atom stereocenters. The molecule has 3 nitrogen and oxygen atoms in total. The lowest BCUT2D eigenvalue weighted by Crippen LogP contribution is -2.37. The van der Waals surface area contributed by atoms with E-state index in [1.807, 2.05) is 0 Å². The predicted molar refractivity (Wildman–Crippen MR) is 65.7 cm³/mol. The second kappa shape index (κ2) is 4.48. The lowest BCUT2D eigenvalue weighted by molar-refractivity contribution is 0.529. The summed E-state index contributed by atoms with van der Waals surface area (Å²) in [6.07, 6.45) is 2.64. The summed E-state index contributed by atoms with van der Waals surface area (Å²) in [6.45, 7) is 4.29. The first-order valence-corrected chi connectivity index (χ1v) is 4.83. The molecule has 0 aromatic heterocycles. The third-order valence-electron chi connectivity index (χ3n) is 2.82. The van der Waals surface area contributed by atoms with Gasteiger partial charge in [0.05, 0.1) is 6.54 Å². The van der Waals surface area contributed by atoms with Crippen molar-refractivity contribution >= 4 is 29.9 Å². The zero-order chi connectivity index (χ0) is 8.55. The number of rotatable bonds is 2. The molecule has 4 heteroatoms. The zero-order valence-corrected chi connectivity index (χ0v) is 10.6. The minimum atomic E-state index is 0. The van der Waals surface area contributed by atoms with Crippen LogP contribution in [-0.4, -0.2) is 37.0 Å². The van der Waals surface area contributed by atoms with Gasteiger partial charge < -0.3 is 10.2 Å². The minimum absolute atomic E-state index is 0. The van der Waals surface area contributed by atoms with Gasteiger partial charge in [0.1, 0.15) is 0 Å². The third-order valence-corrected chi connectivity index (χ3v) is 2.82. The molecule has 0 spiro atoms. The van der Waals surface area contributed by atoms with Crippen molar-refractivity contribution in [1.29, 1.82) is 0 Å². The number of nitrogens with zero attached hydrogens (tertiary/aromatic N) is 2. The van der Waals surface area contributed by atoms with Gasteiger partial charge >= 0.3 is 0 Å². The Balaban J connectivity index is 0.000000845. The summed E-state index contributed by atoms with van der Waals surface area (Å²) < 4.78 is 0. The number of nitrogens with one attached hydrogen (secondary N) is 1. The molecule has 76 valence electrons. The fraction of sp³-hybridized carbons (Fsp3) is 0.889. The Hall–Kier alpha value is 0. The second-order valence-corrected chi connectivity index (χ2v) is 3.78. The van der Waals surface area contributed by atoms with Crippen LogP contribution in [0.2, 0.25) is 0 Å². The van der Waals surface area contributed by atoms with Crippen LogP contribution in [0.3, 0.4) is 0 Å². The van der Waals surface area contributed by atoms with Gasteiger partial charge in [-0.2, -0.15) is 0 Å². The van der Waals surface area contributed by atoms with Gasteiger partial charge in [-0.25, -0.2) is 0 Å². The third kappa shape index (κ3) is 2.48. The highest BCUT2D eigenvalue weighted by Gasteiger charge is 2.36. The SMILES string of the molecule is CC[C@@H]1C[C@H]1NC1=NCCN1C.I. The molecule has 1 fully saturated rings. The number of guanidine groups is 1. The van der Waals surface area contributed by atoms with Crippen molar-refractivity contribution in [2.24, 2.45) is 10.9 Å². The molecule has 0 unspecified atom stereocenters. The molecule has 0 bridgehead atoms. The van der Waals surface area contributed by atoms with Crippen molar-refractivity contribution in [3.8, 4) is 0 Å². The molecular formula is C9H18IN3. The van der Waals surface area contributed by atoms with E-state index in [9.17, 15) is 0 Å². The first-order chi connectivity index (χ1) is 5.81. The van der Waals surface area contributed by atoms with Gasteiger partial charge in [0.25, 0.3) is 0 Å². The topological polar surface area (TPSA) is 27.6 Å². The molecular weight excluding hydrogens is 277 g/mol. The quantitative estimate of drug-likeness (QED) is 0.778. The Morgan fingerprint density at radius 3 is 2.85 bits per heavy atom. The summed E-state index contributed by atoms with van der Waals surface area (Å²) in [5, 5.41) is 3.48. The Morgan fingerprint density at radius 1 is 1.62 bits per heavy atom. The van der Waals surface area contributed by atoms with Crippen LogP contribution >= 0.6 is 24.0 Å². The van der Waals surface area contributed by atoms with Crippen molar-refractivity contribution in [3.05, 3.63) is 0 Å². The highest BCUT2D eigenvalue weighted by atomic mass is 127. The van der Waals surface area contributed by atoms with E-state index < -0.39 is 0 Å². The maximum Gasteiger partial charge on any atom is 0.194 e. The summed E-state index contributed by atoms with van der Waals surface area (Å²) >= 11 is 0. The molecule has 13 heavy (non-hydrogen) atoms. The van der Waals surface area contributed by atoms with E-state index in [1.165, 1.54) is 12.8 Å². The number of halogens is 1. The van der Waals surface area contributed by atoms with Crippen molar-refractivity contribution < 1.29 is 0 Å². The fourth-order valence-corrected chi connectivity index (χ4v) is 1.73. The van der Waals surface area contributed by atoms with Gasteiger partial charge in [0, 0.05) is 19.6 Å². The molecule has 1 aliphatic heterocycles. The summed E-state index contributed by atoms with van der Waals surface area (Å²) in [4.78, 5) is 6.60. The zero-order valence-electron chi connectivity index (χ0n) is 8.29. The van der Waals surface area contributed by atoms with Crippen LogP contribution < -0.4 is 5.32 Å². The number of hydrogen-bond acceptors (Lipinski definition) is 3. The number of hydrogen-bond donors (Lipinski definition) is 1. The number of likely N-dealkylation sites (N-methyl/N-ethyl adjacent to an activating group) is 1. The summed E-state index contributed by atoms with van der Waals surface area (Å²) in [7, 11) is 2.10. The van der Waals surface area contributed by atoms with Gasteiger partial charge in [-0.1, -0.05) is 13.3 Å². The fourth-order valence-electron chi connectivity index (χ4n) is 1.73. The molecule has 0 radical (unpaired) electrons. The van der Waals surface area contributed by atoms with E-state index in [-0.39, 0.29) is 24.0 Å². The molecule has 1 aliphatic carbocycles. The maximum atomic E-state index is 4.40. The van der Waals surface area contributed by atoms with E-state index in [0.29, 0.717) is 6.04 Å². The molecule has 2 rings (SSSR count). The van der Waals surface area contributed by atoms with Crippen molar-refractivity contribution in [1.82, 2.24) is 10.2 Å². The highest BCUT2D eigenvalue weighted by Crippen LogP contribution is 2.33. The number of aliphatic imine (C=N–C) groups is 1. The predicted octanol–water partition coefficient (Wildman–Crippen LogP) is 1.29. The van der Waals surface area contributed by atoms with Crippen LogP contribution in [0.5, 0.6) is 0 Å². The van der Waals surface area contributed by atoms with Crippen LogP contribution in [0.1, 0.15) is 19.8 Å². The van der Waals surface area contributed by atoms with Gasteiger partial charge in [0.15, 0.2) is 5.96 Å². The Bertz CT molecular complexity index is 205. The van der Waals surface area contributed by atoms with Gasteiger partial charge in [-0.15, -0.1) is 24.0 Å². The van der Waals surface area contributed by atoms with Crippen molar-refractivity contribution in [3.63, 3.8) is 0 Å². The van der Waals surface area contributed by atoms with Gasteiger partial charge in [-0.05, 0) is 12.3 Å². The summed E-state index contributed by atoms with van der Waals surface area (Å²) in [5.74, 6) is 2.01. The largest absolute Gasteiger partial charge is 0.353 e. The maximum absolute atomic E-state index is 4.40. The molecule has 0 saturated heterocycles.